The van der Waals surface area contributed by atoms with Crippen LogP contribution in [-0.2, 0) is 0 Å². The molecular weight excluding hydrogens is 195 g/mol. The van der Waals surface area contributed by atoms with Crippen molar-refractivity contribution in [2.75, 3.05) is 0 Å². The number of allylic oxidation sites excluding steroid dienone is 4. The number of hydrogen-bond acceptors (Lipinski definition) is 2. The first-order chi connectivity index (χ1) is 6.86. The fraction of sp³-hybridized carbons (Fsp3) is 0.500. The van der Waals surface area contributed by atoms with Gasteiger partial charge in [-0.25, -0.2) is 4.39 Å². The zero-order valence-corrected chi connectivity index (χ0v) is 9.07. The van der Waals surface area contributed by atoms with Crippen molar-refractivity contribution < 1.29 is 14.6 Å². The van der Waals surface area contributed by atoms with Crippen LogP contribution in [0.4, 0.5) is 4.39 Å². The molecule has 1 aliphatic rings. The summed E-state index contributed by atoms with van der Waals surface area (Å²) < 4.78 is 13.9. The van der Waals surface area contributed by atoms with Gasteiger partial charge in [0.25, 0.3) is 0 Å². The van der Waals surface area contributed by atoms with Gasteiger partial charge in [0.1, 0.15) is 5.67 Å². The molecule has 2 nitrogen and oxygen atoms in total. The number of rotatable bonds is 3. The van der Waals surface area contributed by atoms with Crippen LogP contribution < -0.4 is 0 Å². The Hall–Kier alpha value is -0.930. The van der Waals surface area contributed by atoms with Gasteiger partial charge in [-0.15, -0.1) is 0 Å². The summed E-state index contributed by atoms with van der Waals surface area (Å²) in [6.07, 6.45) is 3.74. The summed E-state index contributed by atoms with van der Waals surface area (Å²) >= 11 is 0. The van der Waals surface area contributed by atoms with Gasteiger partial charge in [0.15, 0.2) is 6.29 Å². The molecule has 3 heteroatoms. The monoisotopic (exact) mass is 212 g/mol. The standard InChI is InChI=1S/C12H17FO2/c1-4-8-5-6-9(11(14)15)7-10(8)12(2,3)13/h4-6,10-11,14-15H,1,7H2,2-3H3. The van der Waals surface area contributed by atoms with E-state index in [1.807, 2.05) is 0 Å². The molecule has 0 spiro atoms. The molecule has 1 aliphatic carbocycles. The maximum Gasteiger partial charge on any atom is 0.174 e. The molecule has 0 aromatic rings. The van der Waals surface area contributed by atoms with E-state index in [2.05, 4.69) is 6.58 Å². The van der Waals surface area contributed by atoms with Crippen molar-refractivity contribution in [3.05, 3.63) is 36.0 Å². The van der Waals surface area contributed by atoms with Crippen LogP contribution in [0.5, 0.6) is 0 Å². The molecule has 2 N–H and O–H groups in total. The first kappa shape index (κ1) is 12.1. The van der Waals surface area contributed by atoms with E-state index in [0.29, 0.717) is 12.0 Å². The molecule has 84 valence electrons. The zero-order valence-electron chi connectivity index (χ0n) is 9.07. The largest absolute Gasteiger partial charge is 0.365 e. The number of halogens is 1. The quantitative estimate of drug-likeness (QED) is 0.703. The molecule has 1 atom stereocenters. The Bertz CT molecular complexity index is 308. The normalized spacial score (nSPS) is 22.4. The molecule has 0 saturated carbocycles. The fourth-order valence-electron chi connectivity index (χ4n) is 1.78. The third kappa shape index (κ3) is 2.76. The van der Waals surface area contributed by atoms with E-state index in [0.717, 1.165) is 5.57 Å². The van der Waals surface area contributed by atoms with Crippen molar-refractivity contribution in [3.63, 3.8) is 0 Å². The summed E-state index contributed by atoms with van der Waals surface area (Å²) in [5, 5.41) is 18.1. The Labute approximate surface area is 89.4 Å². The maximum atomic E-state index is 13.9. The lowest BCUT2D eigenvalue weighted by molar-refractivity contribution is -0.0140. The SMILES string of the molecule is C=CC1=CC=C(C(O)O)CC1C(C)(C)F. The van der Waals surface area contributed by atoms with Gasteiger partial charge in [-0.3, -0.25) is 0 Å². The number of alkyl halides is 1. The van der Waals surface area contributed by atoms with Crippen LogP contribution in [0.25, 0.3) is 0 Å². The Balaban J connectivity index is 2.98. The van der Waals surface area contributed by atoms with Crippen molar-refractivity contribution >= 4 is 0 Å². The fourth-order valence-corrected chi connectivity index (χ4v) is 1.78. The maximum absolute atomic E-state index is 13.9. The highest BCUT2D eigenvalue weighted by Crippen LogP contribution is 2.37. The average Bonchev–Trinajstić information content (AvgIpc) is 2.15. The van der Waals surface area contributed by atoms with Gasteiger partial charge in [-0.1, -0.05) is 24.8 Å². The number of aliphatic hydroxyl groups is 2. The summed E-state index contributed by atoms with van der Waals surface area (Å²) in [6, 6.07) is 0. The van der Waals surface area contributed by atoms with Gasteiger partial charge in [0.2, 0.25) is 0 Å². The second kappa shape index (κ2) is 4.29. The predicted octanol–water partition coefficient (Wildman–Crippen LogP) is 2.10. The Kier molecular flexibility index (Phi) is 3.47. The highest BCUT2D eigenvalue weighted by Gasteiger charge is 2.34. The molecule has 0 heterocycles. The van der Waals surface area contributed by atoms with Crippen molar-refractivity contribution in [2.24, 2.45) is 5.92 Å². The molecule has 0 bridgehead atoms. The summed E-state index contributed by atoms with van der Waals surface area (Å²) in [4.78, 5) is 0. The van der Waals surface area contributed by atoms with E-state index >= 15 is 0 Å². The van der Waals surface area contributed by atoms with Crippen LogP contribution in [0.3, 0.4) is 0 Å². The minimum absolute atomic E-state index is 0.318. The van der Waals surface area contributed by atoms with Crippen molar-refractivity contribution in [2.45, 2.75) is 32.2 Å². The second-order valence-corrected chi connectivity index (χ2v) is 4.31. The summed E-state index contributed by atoms with van der Waals surface area (Å²) in [6.45, 7) is 6.60. The van der Waals surface area contributed by atoms with Gasteiger partial charge in [0.05, 0.1) is 0 Å². The smallest absolute Gasteiger partial charge is 0.174 e. The van der Waals surface area contributed by atoms with E-state index in [1.165, 1.54) is 13.8 Å². The Morgan fingerprint density at radius 3 is 2.53 bits per heavy atom. The van der Waals surface area contributed by atoms with Crippen molar-refractivity contribution in [1.82, 2.24) is 0 Å². The number of aliphatic hydroxyl groups excluding tert-OH is 1. The van der Waals surface area contributed by atoms with Crippen LogP contribution in [0.1, 0.15) is 20.3 Å². The van der Waals surface area contributed by atoms with Crippen LogP contribution in [-0.4, -0.2) is 22.2 Å². The first-order valence-corrected chi connectivity index (χ1v) is 4.94. The van der Waals surface area contributed by atoms with Crippen molar-refractivity contribution in [3.8, 4) is 0 Å². The second-order valence-electron chi connectivity index (χ2n) is 4.31. The van der Waals surface area contributed by atoms with Gasteiger partial charge in [-0.2, -0.15) is 0 Å². The Morgan fingerprint density at radius 1 is 1.53 bits per heavy atom. The van der Waals surface area contributed by atoms with E-state index in [-0.39, 0.29) is 5.92 Å². The average molecular weight is 212 g/mol. The molecule has 0 fully saturated rings. The molecule has 1 rings (SSSR count). The lowest BCUT2D eigenvalue weighted by Gasteiger charge is -2.31. The summed E-state index contributed by atoms with van der Waals surface area (Å²) in [7, 11) is 0. The Morgan fingerprint density at radius 2 is 2.13 bits per heavy atom. The molecule has 0 amide bonds. The molecular formula is C12H17FO2. The number of hydrogen-bond donors (Lipinski definition) is 2. The first-order valence-electron chi connectivity index (χ1n) is 4.94. The van der Waals surface area contributed by atoms with Gasteiger partial charge in [-0.05, 0) is 31.4 Å². The van der Waals surface area contributed by atoms with Crippen LogP contribution in [0, 0.1) is 5.92 Å². The van der Waals surface area contributed by atoms with Gasteiger partial charge < -0.3 is 10.2 Å². The third-order valence-electron chi connectivity index (χ3n) is 2.73. The lowest BCUT2D eigenvalue weighted by atomic mass is 9.78. The summed E-state index contributed by atoms with van der Waals surface area (Å²) in [5.74, 6) is -0.364. The molecule has 0 saturated heterocycles. The molecule has 0 radical (unpaired) electrons. The van der Waals surface area contributed by atoms with Crippen LogP contribution >= 0.6 is 0 Å². The highest BCUT2D eigenvalue weighted by atomic mass is 19.1. The van der Waals surface area contributed by atoms with Gasteiger partial charge >= 0.3 is 0 Å². The topological polar surface area (TPSA) is 40.5 Å². The van der Waals surface area contributed by atoms with E-state index in [1.54, 1.807) is 18.2 Å². The minimum Gasteiger partial charge on any atom is -0.365 e. The van der Waals surface area contributed by atoms with Gasteiger partial charge in [0, 0.05) is 5.92 Å². The zero-order chi connectivity index (χ0) is 11.6. The molecule has 0 aliphatic heterocycles. The van der Waals surface area contributed by atoms with E-state index < -0.39 is 12.0 Å². The van der Waals surface area contributed by atoms with Crippen LogP contribution in [0.2, 0.25) is 0 Å². The van der Waals surface area contributed by atoms with Crippen LogP contribution in [0.15, 0.2) is 36.0 Å². The third-order valence-corrected chi connectivity index (χ3v) is 2.73. The molecule has 0 aromatic carbocycles. The molecule has 15 heavy (non-hydrogen) atoms. The highest BCUT2D eigenvalue weighted by molar-refractivity contribution is 5.35. The van der Waals surface area contributed by atoms with E-state index in [4.69, 9.17) is 10.2 Å². The minimum atomic E-state index is -1.50. The predicted molar refractivity (Wildman–Crippen MR) is 57.9 cm³/mol. The molecule has 0 aromatic heterocycles. The van der Waals surface area contributed by atoms with E-state index in [9.17, 15) is 4.39 Å². The lowest BCUT2D eigenvalue weighted by Crippen LogP contribution is -2.30. The van der Waals surface area contributed by atoms with Crippen molar-refractivity contribution in [1.29, 1.82) is 0 Å². The summed E-state index contributed by atoms with van der Waals surface area (Å²) in [5.41, 5.74) is -0.155. The molecule has 1 unspecified atom stereocenters.